The first-order chi connectivity index (χ1) is 20.6. The number of nitrogens with one attached hydrogen (secondary N) is 2. The lowest BCUT2D eigenvalue weighted by Crippen LogP contribution is -2.25. The first-order valence-corrected chi connectivity index (χ1v) is 15.0. The molecule has 43 heavy (non-hydrogen) atoms. The van der Waals surface area contributed by atoms with Crippen molar-refractivity contribution in [2.24, 2.45) is 0 Å². The van der Waals surface area contributed by atoms with E-state index in [0.29, 0.717) is 27.9 Å². The number of rotatable bonds is 7. The zero-order valence-electron chi connectivity index (χ0n) is 23.6. The van der Waals surface area contributed by atoms with Crippen molar-refractivity contribution in [3.8, 4) is 40.0 Å². The molecular weight excluding hydrogens is 573 g/mol. The Morgan fingerprint density at radius 3 is 2.47 bits per heavy atom. The Morgan fingerprint density at radius 2 is 1.79 bits per heavy atom. The minimum atomic E-state index is -3.75. The molecule has 0 spiro atoms. The first kappa shape index (κ1) is 27.9. The summed E-state index contributed by atoms with van der Waals surface area (Å²) in [6.07, 6.45) is 1.07. The highest BCUT2D eigenvalue weighted by Crippen LogP contribution is 2.41. The van der Waals surface area contributed by atoms with Gasteiger partial charge in [0.05, 0.1) is 36.0 Å². The minimum absolute atomic E-state index is 0.160. The van der Waals surface area contributed by atoms with Crippen LogP contribution < -0.4 is 14.4 Å². The van der Waals surface area contributed by atoms with Gasteiger partial charge in [-0.25, -0.2) is 17.8 Å². The van der Waals surface area contributed by atoms with Gasteiger partial charge in [0.15, 0.2) is 5.82 Å². The van der Waals surface area contributed by atoms with E-state index in [-0.39, 0.29) is 34.3 Å². The third kappa shape index (κ3) is 5.06. The summed E-state index contributed by atoms with van der Waals surface area (Å²) >= 11 is 0. The van der Waals surface area contributed by atoms with Crippen molar-refractivity contribution in [2.75, 3.05) is 31.8 Å². The van der Waals surface area contributed by atoms with Gasteiger partial charge in [-0.15, -0.1) is 0 Å². The molecule has 2 N–H and O–H groups in total. The van der Waals surface area contributed by atoms with Crippen LogP contribution >= 0.6 is 0 Å². The summed E-state index contributed by atoms with van der Waals surface area (Å²) < 4.78 is 52.0. The number of aromatic amines is 1. The van der Waals surface area contributed by atoms with Crippen molar-refractivity contribution in [3.63, 3.8) is 0 Å². The summed E-state index contributed by atoms with van der Waals surface area (Å²) in [5, 5.41) is 4.00. The fourth-order valence-electron chi connectivity index (χ4n) is 4.90. The number of nitrogens with zero attached hydrogens (tertiary/aromatic N) is 3. The molecule has 6 rings (SSSR count). The number of fused-ring (bicyclic) bond motifs is 2. The third-order valence-corrected chi connectivity index (χ3v) is 8.35. The SMILES string of the molecule is CNC(=O)c1c(-c2ccc(F)cc2)oc2cc(N(C)S(C)(=O)=O)c(-c3nc(OC)cc(-c4cc5ccccc5[nH]4)n3)cc12. The van der Waals surface area contributed by atoms with Gasteiger partial charge in [-0.3, -0.25) is 9.10 Å². The number of H-pyrrole nitrogens is 1. The number of hydrogen-bond donors (Lipinski definition) is 2. The lowest BCUT2D eigenvalue weighted by atomic mass is 10.0. The molecule has 3 aromatic heterocycles. The maximum Gasteiger partial charge on any atom is 0.255 e. The van der Waals surface area contributed by atoms with Crippen molar-refractivity contribution in [1.29, 1.82) is 0 Å². The number of aromatic nitrogens is 3. The summed E-state index contributed by atoms with van der Waals surface area (Å²) in [6.45, 7) is 0. The number of anilines is 1. The molecule has 0 unspecified atom stereocenters. The lowest BCUT2D eigenvalue weighted by Gasteiger charge is -2.20. The molecule has 0 fully saturated rings. The topological polar surface area (TPSA) is 130 Å². The van der Waals surface area contributed by atoms with Gasteiger partial charge in [-0.1, -0.05) is 18.2 Å². The maximum absolute atomic E-state index is 13.7. The van der Waals surface area contributed by atoms with E-state index in [1.165, 1.54) is 51.5 Å². The Hall–Kier alpha value is -5.23. The molecule has 0 aliphatic rings. The zero-order valence-corrected chi connectivity index (χ0v) is 24.4. The van der Waals surface area contributed by atoms with Crippen molar-refractivity contribution in [1.82, 2.24) is 20.3 Å². The zero-order chi connectivity index (χ0) is 30.5. The minimum Gasteiger partial charge on any atom is -0.481 e. The third-order valence-electron chi connectivity index (χ3n) is 7.16. The summed E-state index contributed by atoms with van der Waals surface area (Å²) in [6, 6.07) is 20.1. The number of para-hydroxylation sites is 1. The number of carbonyl (C=O) groups is 1. The van der Waals surface area contributed by atoms with Crippen LogP contribution in [-0.2, 0) is 10.0 Å². The molecule has 0 aliphatic heterocycles. The van der Waals surface area contributed by atoms with Crippen molar-refractivity contribution < 1.29 is 26.8 Å². The van der Waals surface area contributed by atoms with Crippen LogP contribution in [0.3, 0.4) is 0 Å². The van der Waals surface area contributed by atoms with Gasteiger partial charge in [0.1, 0.15) is 17.2 Å². The normalized spacial score (nSPS) is 11.7. The second-order valence-corrected chi connectivity index (χ2v) is 11.9. The van der Waals surface area contributed by atoms with E-state index in [9.17, 15) is 17.6 Å². The molecule has 0 saturated carbocycles. The van der Waals surface area contributed by atoms with Crippen LogP contribution in [0.15, 0.2) is 77.2 Å². The van der Waals surface area contributed by atoms with Crippen LogP contribution in [0.4, 0.5) is 10.1 Å². The van der Waals surface area contributed by atoms with E-state index in [2.05, 4.69) is 15.3 Å². The number of halogens is 1. The predicted octanol–water partition coefficient (Wildman–Crippen LogP) is 5.61. The van der Waals surface area contributed by atoms with Crippen molar-refractivity contribution in [3.05, 3.63) is 84.2 Å². The second-order valence-electron chi connectivity index (χ2n) is 9.88. The van der Waals surface area contributed by atoms with Gasteiger partial charge in [0.2, 0.25) is 15.9 Å². The van der Waals surface area contributed by atoms with Gasteiger partial charge in [0.25, 0.3) is 5.91 Å². The molecule has 6 aromatic rings. The van der Waals surface area contributed by atoms with Crippen LogP contribution in [-0.4, -0.2) is 56.7 Å². The van der Waals surface area contributed by atoms with E-state index in [1.807, 2.05) is 30.3 Å². The van der Waals surface area contributed by atoms with Crippen molar-refractivity contribution >= 4 is 43.5 Å². The molecule has 10 nitrogen and oxygen atoms in total. The number of ether oxygens (including phenoxy) is 1. The molecular formula is C31H26FN5O5S. The number of benzene rings is 3. The highest BCUT2D eigenvalue weighted by atomic mass is 32.2. The van der Waals surface area contributed by atoms with Crippen LogP contribution in [0.5, 0.6) is 5.88 Å². The number of hydrogen-bond acceptors (Lipinski definition) is 7. The number of sulfonamides is 1. The van der Waals surface area contributed by atoms with E-state index < -0.39 is 21.7 Å². The summed E-state index contributed by atoms with van der Waals surface area (Å²) in [7, 11) is 0.612. The van der Waals surface area contributed by atoms with Crippen LogP contribution in [0.25, 0.3) is 56.0 Å². The Bertz CT molecular complexity index is 2110. The fourth-order valence-corrected chi connectivity index (χ4v) is 5.41. The first-order valence-electron chi connectivity index (χ1n) is 13.1. The summed E-state index contributed by atoms with van der Waals surface area (Å²) in [5.74, 6) is -0.282. The molecule has 0 atom stereocenters. The molecule has 0 aliphatic carbocycles. The number of furan rings is 1. The largest absolute Gasteiger partial charge is 0.481 e. The predicted molar refractivity (Wildman–Crippen MR) is 163 cm³/mol. The van der Waals surface area contributed by atoms with Crippen molar-refractivity contribution in [2.45, 2.75) is 0 Å². The lowest BCUT2D eigenvalue weighted by molar-refractivity contribution is 0.0964. The molecule has 12 heteroatoms. The number of methoxy groups -OCH3 is 1. The molecule has 0 saturated heterocycles. The van der Waals surface area contributed by atoms with Crippen LogP contribution in [0.2, 0.25) is 0 Å². The standard InChI is InChI=1S/C31H26FN5O5S/c1-33-31(38)28-21-14-20(30-35-24(15-27(36-30)41-3)23-13-18-7-5-6-8-22(18)34-23)25(37(2)43(4,39)40)16-26(21)42-29(28)17-9-11-19(32)12-10-17/h5-16,34H,1-4H3,(H,33,38). The van der Waals surface area contributed by atoms with E-state index >= 15 is 0 Å². The summed E-state index contributed by atoms with van der Waals surface area (Å²) in [4.78, 5) is 25.9. The monoisotopic (exact) mass is 599 g/mol. The smallest absolute Gasteiger partial charge is 0.255 e. The van der Waals surface area contributed by atoms with Gasteiger partial charge in [-0.2, -0.15) is 4.98 Å². The van der Waals surface area contributed by atoms with Gasteiger partial charge < -0.3 is 19.5 Å². The van der Waals surface area contributed by atoms with Crippen LogP contribution in [0, 0.1) is 5.82 Å². The quantitative estimate of drug-likeness (QED) is 0.244. The van der Waals surface area contributed by atoms with E-state index in [0.717, 1.165) is 21.5 Å². The highest BCUT2D eigenvalue weighted by molar-refractivity contribution is 7.92. The van der Waals surface area contributed by atoms with Crippen LogP contribution in [0.1, 0.15) is 10.4 Å². The van der Waals surface area contributed by atoms with Gasteiger partial charge in [0, 0.05) is 53.6 Å². The summed E-state index contributed by atoms with van der Waals surface area (Å²) in [5.41, 5.74) is 3.56. The molecule has 0 radical (unpaired) electrons. The molecule has 0 bridgehead atoms. The Labute approximate surface area is 246 Å². The second kappa shape index (κ2) is 10.6. The van der Waals surface area contributed by atoms with E-state index in [1.54, 1.807) is 12.1 Å². The fraction of sp³-hybridized carbons (Fsp3) is 0.129. The average molecular weight is 600 g/mol. The van der Waals surface area contributed by atoms with E-state index in [4.69, 9.17) is 14.1 Å². The molecule has 3 aromatic carbocycles. The Balaban J connectivity index is 1.64. The number of amides is 1. The van der Waals surface area contributed by atoms with Gasteiger partial charge in [-0.05, 0) is 42.5 Å². The molecule has 1 amide bonds. The number of carbonyl (C=O) groups excluding carboxylic acids is 1. The highest BCUT2D eigenvalue weighted by Gasteiger charge is 2.27. The molecule has 218 valence electrons. The molecule has 3 heterocycles. The average Bonchev–Trinajstić information content (AvgIpc) is 3.61. The Morgan fingerprint density at radius 1 is 1.05 bits per heavy atom. The Kier molecular flexibility index (Phi) is 6.85. The maximum atomic E-state index is 13.7. The van der Waals surface area contributed by atoms with Gasteiger partial charge >= 0.3 is 0 Å².